The molecule has 0 saturated heterocycles. The second kappa shape index (κ2) is 6.40. The Morgan fingerprint density at radius 1 is 0.952 bits per heavy atom. The molecule has 0 saturated carbocycles. The molecule has 0 aromatic heterocycles. The van der Waals surface area contributed by atoms with Gasteiger partial charge in [-0.05, 0) is 62.1 Å². The summed E-state index contributed by atoms with van der Waals surface area (Å²) in [6.07, 6.45) is 0. The van der Waals surface area contributed by atoms with Gasteiger partial charge in [0, 0.05) is 0 Å². The number of halogens is 1. The van der Waals surface area contributed by atoms with Crippen LogP contribution in [0.25, 0.3) is 0 Å². The Morgan fingerprint density at radius 2 is 1.57 bits per heavy atom. The molecule has 2 rings (SSSR count). The van der Waals surface area contributed by atoms with Crippen molar-refractivity contribution >= 4 is 0 Å². The number of hydrogen-bond donors (Lipinski definition) is 1. The third kappa shape index (κ3) is 3.33. The lowest BCUT2D eigenvalue weighted by atomic mass is 9.92. The summed E-state index contributed by atoms with van der Waals surface area (Å²) in [4.78, 5) is 0. The van der Waals surface area contributed by atoms with Crippen molar-refractivity contribution in [3.63, 3.8) is 0 Å². The van der Waals surface area contributed by atoms with Gasteiger partial charge in [-0.3, -0.25) is 0 Å². The van der Waals surface area contributed by atoms with E-state index in [-0.39, 0.29) is 11.9 Å². The minimum atomic E-state index is -0.102. The zero-order chi connectivity index (χ0) is 15.6. The molecule has 0 aliphatic carbocycles. The Bertz CT molecular complexity index is 623. The fourth-order valence-corrected chi connectivity index (χ4v) is 2.91. The van der Waals surface area contributed by atoms with Crippen LogP contribution in [-0.4, -0.2) is 6.54 Å². The number of benzene rings is 2. The van der Waals surface area contributed by atoms with E-state index < -0.39 is 0 Å². The van der Waals surface area contributed by atoms with E-state index >= 15 is 0 Å². The van der Waals surface area contributed by atoms with Crippen LogP contribution in [0.4, 0.5) is 4.39 Å². The highest BCUT2D eigenvalue weighted by molar-refractivity contribution is 5.41. The van der Waals surface area contributed by atoms with E-state index in [1.807, 2.05) is 26.0 Å². The molecule has 0 radical (unpaired) electrons. The van der Waals surface area contributed by atoms with Gasteiger partial charge in [-0.1, -0.05) is 42.8 Å². The third-order valence-electron chi connectivity index (χ3n) is 3.94. The summed E-state index contributed by atoms with van der Waals surface area (Å²) in [5.74, 6) is -0.102. The fraction of sp³-hybridized carbons (Fsp3) is 0.368. The molecule has 0 heterocycles. The molecule has 2 aromatic rings. The number of aryl methyl sites for hydroxylation is 4. The molecule has 112 valence electrons. The molecule has 1 nitrogen and oxygen atoms in total. The monoisotopic (exact) mass is 285 g/mol. The third-order valence-corrected chi connectivity index (χ3v) is 3.94. The maximum atomic E-state index is 13.9. The van der Waals surface area contributed by atoms with Crippen LogP contribution in [0.3, 0.4) is 0 Å². The van der Waals surface area contributed by atoms with Crippen LogP contribution in [0, 0.1) is 33.5 Å². The van der Waals surface area contributed by atoms with Crippen LogP contribution >= 0.6 is 0 Å². The van der Waals surface area contributed by atoms with Gasteiger partial charge in [0.25, 0.3) is 0 Å². The maximum Gasteiger partial charge on any atom is 0.129 e. The van der Waals surface area contributed by atoms with Crippen LogP contribution in [0.5, 0.6) is 0 Å². The van der Waals surface area contributed by atoms with Gasteiger partial charge in [0.05, 0.1) is 6.04 Å². The molecular formula is C19H24FN. The van der Waals surface area contributed by atoms with E-state index in [4.69, 9.17) is 0 Å². The van der Waals surface area contributed by atoms with E-state index in [1.165, 1.54) is 16.7 Å². The summed E-state index contributed by atoms with van der Waals surface area (Å²) in [5, 5.41) is 3.53. The van der Waals surface area contributed by atoms with E-state index in [2.05, 4.69) is 44.3 Å². The molecule has 0 spiro atoms. The summed E-state index contributed by atoms with van der Waals surface area (Å²) in [5.41, 5.74) is 6.32. The van der Waals surface area contributed by atoms with E-state index in [9.17, 15) is 4.39 Å². The quantitative estimate of drug-likeness (QED) is 0.854. The topological polar surface area (TPSA) is 12.0 Å². The lowest BCUT2D eigenvalue weighted by molar-refractivity contribution is 0.598. The van der Waals surface area contributed by atoms with Gasteiger partial charge in [0.15, 0.2) is 0 Å². The Kier molecular flexibility index (Phi) is 4.79. The van der Waals surface area contributed by atoms with Crippen LogP contribution in [0.15, 0.2) is 30.3 Å². The Labute approximate surface area is 127 Å². The smallest absolute Gasteiger partial charge is 0.129 e. The van der Waals surface area contributed by atoms with Gasteiger partial charge in [0.1, 0.15) is 5.82 Å². The molecule has 1 N–H and O–H groups in total. The van der Waals surface area contributed by atoms with Crippen molar-refractivity contribution in [2.24, 2.45) is 0 Å². The molecule has 1 unspecified atom stereocenters. The zero-order valence-corrected chi connectivity index (χ0v) is 13.5. The molecule has 2 heteroatoms. The molecule has 21 heavy (non-hydrogen) atoms. The minimum Gasteiger partial charge on any atom is -0.307 e. The second-order valence-electron chi connectivity index (χ2n) is 5.82. The summed E-state index contributed by atoms with van der Waals surface area (Å²) >= 11 is 0. The first-order valence-electron chi connectivity index (χ1n) is 7.51. The summed E-state index contributed by atoms with van der Waals surface area (Å²) < 4.78 is 13.9. The zero-order valence-electron chi connectivity index (χ0n) is 13.5. The average molecular weight is 285 g/mol. The molecular weight excluding hydrogens is 261 g/mol. The van der Waals surface area contributed by atoms with Crippen molar-refractivity contribution in [1.29, 1.82) is 0 Å². The highest BCUT2D eigenvalue weighted by Gasteiger charge is 2.17. The van der Waals surface area contributed by atoms with E-state index in [1.54, 1.807) is 0 Å². The van der Waals surface area contributed by atoms with Crippen molar-refractivity contribution < 1.29 is 4.39 Å². The molecule has 0 aliphatic heterocycles. The SMILES string of the molecule is CCNC(c1cc(C)c(F)c(C)c1)c1ccc(C)cc1C. The standard InChI is InChI=1S/C19H24FN/c1-6-21-19(17-8-7-12(2)9-13(17)3)16-10-14(4)18(20)15(5)11-16/h7-11,19,21H,6H2,1-5H3. The maximum absolute atomic E-state index is 13.9. The Balaban J connectivity index is 2.53. The largest absolute Gasteiger partial charge is 0.307 e. The first-order chi connectivity index (χ1) is 9.93. The predicted octanol–water partition coefficient (Wildman–Crippen LogP) is 4.76. The number of hydrogen-bond acceptors (Lipinski definition) is 1. The van der Waals surface area contributed by atoms with Gasteiger partial charge < -0.3 is 5.32 Å². The average Bonchev–Trinajstić information content (AvgIpc) is 2.42. The number of nitrogens with one attached hydrogen (secondary N) is 1. The molecule has 1 atom stereocenters. The van der Waals surface area contributed by atoms with Crippen LogP contribution in [0.2, 0.25) is 0 Å². The first kappa shape index (κ1) is 15.7. The normalized spacial score (nSPS) is 12.5. The molecule has 0 bridgehead atoms. The van der Waals surface area contributed by atoms with Crippen molar-refractivity contribution in [2.45, 2.75) is 40.7 Å². The van der Waals surface area contributed by atoms with Gasteiger partial charge in [-0.25, -0.2) is 4.39 Å². The van der Waals surface area contributed by atoms with Gasteiger partial charge in [0.2, 0.25) is 0 Å². The lowest BCUT2D eigenvalue weighted by Crippen LogP contribution is -2.23. The van der Waals surface area contributed by atoms with Crippen molar-refractivity contribution in [1.82, 2.24) is 5.32 Å². The Morgan fingerprint density at radius 3 is 2.10 bits per heavy atom. The van der Waals surface area contributed by atoms with E-state index in [0.29, 0.717) is 11.1 Å². The van der Waals surface area contributed by atoms with Crippen LogP contribution < -0.4 is 5.32 Å². The summed E-state index contributed by atoms with van der Waals surface area (Å²) in [6, 6.07) is 10.5. The second-order valence-corrected chi connectivity index (χ2v) is 5.82. The van der Waals surface area contributed by atoms with Gasteiger partial charge >= 0.3 is 0 Å². The lowest BCUT2D eigenvalue weighted by Gasteiger charge is -2.22. The highest BCUT2D eigenvalue weighted by atomic mass is 19.1. The van der Waals surface area contributed by atoms with Crippen molar-refractivity contribution in [2.75, 3.05) is 6.54 Å². The van der Waals surface area contributed by atoms with Crippen LogP contribution in [-0.2, 0) is 0 Å². The molecule has 0 amide bonds. The van der Waals surface area contributed by atoms with Gasteiger partial charge in [-0.2, -0.15) is 0 Å². The molecule has 2 aromatic carbocycles. The fourth-order valence-electron chi connectivity index (χ4n) is 2.91. The molecule has 0 aliphatic rings. The summed E-state index contributed by atoms with van der Waals surface area (Å²) in [6.45, 7) is 10.9. The minimum absolute atomic E-state index is 0.102. The first-order valence-corrected chi connectivity index (χ1v) is 7.51. The van der Waals surface area contributed by atoms with Gasteiger partial charge in [-0.15, -0.1) is 0 Å². The summed E-state index contributed by atoms with van der Waals surface area (Å²) in [7, 11) is 0. The Hall–Kier alpha value is -1.67. The highest BCUT2D eigenvalue weighted by Crippen LogP contribution is 2.28. The van der Waals surface area contributed by atoms with Crippen molar-refractivity contribution in [3.05, 3.63) is 69.5 Å². The number of rotatable bonds is 4. The molecule has 0 fully saturated rings. The predicted molar refractivity (Wildman–Crippen MR) is 87.3 cm³/mol. The van der Waals surface area contributed by atoms with Crippen molar-refractivity contribution in [3.8, 4) is 0 Å². The van der Waals surface area contributed by atoms with Crippen LogP contribution in [0.1, 0.15) is 46.3 Å². The van der Waals surface area contributed by atoms with E-state index in [0.717, 1.165) is 12.1 Å².